The first kappa shape index (κ1) is 17.3. The van der Waals surface area contributed by atoms with Crippen LogP contribution in [0.4, 0.5) is 11.8 Å². The van der Waals surface area contributed by atoms with Crippen LogP contribution in [0.25, 0.3) is 26.1 Å². The lowest BCUT2D eigenvalue weighted by Gasteiger charge is -2.34. The largest absolute Gasteiger partial charge is 0.370 e. The second-order valence-electron chi connectivity index (χ2n) is 8.35. The molecule has 0 amide bonds. The van der Waals surface area contributed by atoms with Gasteiger partial charge in [0.25, 0.3) is 0 Å². The molecule has 6 heterocycles. The van der Waals surface area contributed by atoms with Crippen LogP contribution < -0.4 is 16.2 Å². The fraction of sp³-hybridized carbons (Fsp3) is 0.474. The molecule has 6 rings (SSSR count). The summed E-state index contributed by atoms with van der Waals surface area (Å²) in [5, 5.41) is 5.36. The highest BCUT2D eigenvalue weighted by Crippen LogP contribution is 2.44. The van der Waals surface area contributed by atoms with Gasteiger partial charge in [-0.3, -0.25) is 5.43 Å². The van der Waals surface area contributed by atoms with Crippen molar-refractivity contribution in [2.24, 2.45) is 5.84 Å². The number of fused-ring (bicyclic) bond motifs is 7. The number of nitrogens with zero attached hydrogens (tertiary/aromatic N) is 6. The van der Waals surface area contributed by atoms with Gasteiger partial charge in [-0.1, -0.05) is 0 Å². The van der Waals surface area contributed by atoms with Crippen LogP contribution in [0.3, 0.4) is 0 Å². The zero-order valence-corrected chi connectivity index (χ0v) is 17.2. The number of hydrazine groups is 1. The summed E-state index contributed by atoms with van der Waals surface area (Å²) in [5.41, 5.74) is 6.54. The molecule has 2 aliphatic rings. The topological polar surface area (TPSA) is 106 Å². The summed E-state index contributed by atoms with van der Waals surface area (Å²) in [5.74, 6) is 7.26. The number of rotatable bonds is 2. The maximum absolute atomic E-state index is 6.19. The molecule has 9 nitrogen and oxygen atoms in total. The van der Waals surface area contributed by atoms with Gasteiger partial charge in [-0.2, -0.15) is 9.61 Å². The number of aromatic nitrogens is 5. The van der Waals surface area contributed by atoms with Crippen molar-refractivity contribution >= 4 is 49.2 Å². The van der Waals surface area contributed by atoms with Crippen LogP contribution >= 0.6 is 11.3 Å². The quantitative estimate of drug-likeness (QED) is 0.384. The van der Waals surface area contributed by atoms with E-state index in [1.54, 1.807) is 15.9 Å². The molecule has 0 saturated carbocycles. The lowest BCUT2D eigenvalue weighted by molar-refractivity contribution is -0.0395. The number of nitrogens with one attached hydrogen (secondary N) is 1. The SMILES string of the molecule is CC1(C)Cc2c(c(N3CCCC3)nc3sc4c(nc(NN)n5ncnc45)c23)CO1. The van der Waals surface area contributed by atoms with Crippen molar-refractivity contribution in [1.29, 1.82) is 0 Å². The zero-order chi connectivity index (χ0) is 19.8. The molecule has 0 aromatic carbocycles. The van der Waals surface area contributed by atoms with E-state index in [9.17, 15) is 0 Å². The second kappa shape index (κ2) is 5.97. The van der Waals surface area contributed by atoms with E-state index in [1.807, 2.05) is 0 Å². The van der Waals surface area contributed by atoms with Crippen LogP contribution in [0.1, 0.15) is 37.8 Å². The summed E-state index contributed by atoms with van der Waals surface area (Å²) in [6, 6.07) is 0. The van der Waals surface area contributed by atoms with E-state index in [0.29, 0.717) is 12.6 Å². The van der Waals surface area contributed by atoms with Crippen molar-refractivity contribution in [3.8, 4) is 0 Å². The molecule has 3 N–H and O–H groups in total. The van der Waals surface area contributed by atoms with Gasteiger partial charge < -0.3 is 9.64 Å². The summed E-state index contributed by atoms with van der Waals surface area (Å²) in [6.07, 6.45) is 4.76. The Morgan fingerprint density at radius 2 is 2.03 bits per heavy atom. The molecule has 0 radical (unpaired) electrons. The van der Waals surface area contributed by atoms with Gasteiger partial charge in [0.2, 0.25) is 5.95 Å². The molecule has 0 spiro atoms. The molecule has 4 aromatic rings. The predicted molar refractivity (Wildman–Crippen MR) is 113 cm³/mol. The fourth-order valence-electron chi connectivity index (χ4n) is 4.55. The van der Waals surface area contributed by atoms with Crippen molar-refractivity contribution in [1.82, 2.24) is 24.6 Å². The Balaban J connectivity index is 1.73. The first-order valence-corrected chi connectivity index (χ1v) is 10.7. The molecule has 0 aliphatic carbocycles. The lowest BCUT2D eigenvalue weighted by atomic mass is 9.90. The normalized spacial score (nSPS) is 18.8. The Hall–Kier alpha value is -2.56. The Bertz CT molecular complexity index is 1270. The minimum absolute atomic E-state index is 0.230. The summed E-state index contributed by atoms with van der Waals surface area (Å²) in [7, 11) is 0. The maximum atomic E-state index is 6.19. The first-order chi connectivity index (χ1) is 14.1. The van der Waals surface area contributed by atoms with Gasteiger partial charge in [0.1, 0.15) is 21.7 Å². The van der Waals surface area contributed by atoms with Crippen LogP contribution in [-0.4, -0.2) is 43.3 Å². The Morgan fingerprint density at radius 1 is 1.21 bits per heavy atom. The number of pyridine rings is 1. The maximum Gasteiger partial charge on any atom is 0.241 e. The van der Waals surface area contributed by atoms with Crippen LogP contribution in [-0.2, 0) is 17.8 Å². The standard InChI is InChI=1S/C19H22N8OS/c1-19(2)7-10-11(8-28-19)15(26-5-3-4-6-26)24-17-12(10)13-14(29-17)16-21-9-22-27(16)18(23-13)25-20/h9H,3-8,20H2,1-2H3,(H,23,25). The zero-order valence-electron chi connectivity index (χ0n) is 16.4. The summed E-state index contributed by atoms with van der Waals surface area (Å²) >= 11 is 1.63. The highest BCUT2D eigenvalue weighted by Gasteiger charge is 2.33. The van der Waals surface area contributed by atoms with E-state index in [-0.39, 0.29) is 5.60 Å². The molecule has 29 heavy (non-hydrogen) atoms. The number of hydrogen-bond acceptors (Lipinski definition) is 9. The number of hydrogen-bond donors (Lipinski definition) is 2. The van der Waals surface area contributed by atoms with E-state index in [0.717, 1.165) is 51.4 Å². The van der Waals surface area contributed by atoms with Gasteiger partial charge in [0.15, 0.2) is 5.65 Å². The number of nitrogens with two attached hydrogens (primary N) is 1. The van der Waals surface area contributed by atoms with Crippen molar-refractivity contribution in [2.75, 3.05) is 23.4 Å². The molecule has 0 unspecified atom stereocenters. The Kier molecular flexibility index (Phi) is 3.57. The van der Waals surface area contributed by atoms with Crippen LogP contribution in [0, 0.1) is 0 Å². The number of anilines is 2. The average molecular weight is 411 g/mol. The van der Waals surface area contributed by atoms with Crippen LogP contribution in [0.15, 0.2) is 6.33 Å². The van der Waals surface area contributed by atoms with E-state index in [2.05, 4.69) is 34.3 Å². The van der Waals surface area contributed by atoms with Crippen molar-refractivity contribution in [3.05, 3.63) is 17.5 Å². The minimum atomic E-state index is -0.230. The molecular formula is C19H22N8OS. The summed E-state index contributed by atoms with van der Waals surface area (Å²) in [6.45, 7) is 6.95. The fourth-order valence-corrected chi connectivity index (χ4v) is 5.67. The van der Waals surface area contributed by atoms with E-state index < -0.39 is 0 Å². The molecule has 1 fully saturated rings. The van der Waals surface area contributed by atoms with Crippen LogP contribution in [0.2, 0.25) is 0 Å². The third kappa shape index (κ3) is 2.46. The van der Waals surface area contributed by atoms with E-state index in [1.165, 1.54) is 30.3 Å². The molecule has 0 atom stereocenters. The number of thiophene rings is 1. The number of ether oxygens (including phenoxy) is 1. The molecule has 0 bridgehead atoms. The predicted octanol–water partition coefficient (Wildman–Crippen LogP) is 2.62. The van der Waals surface area contributed by atoms with Gasteiger partial charge >= 0.3 is 0 Å². The highest BCUT2D eigenvalue weighted by molar-refractivity contribution is 7.26. The number of nitrogen functional groups attached to an aromatic ring is 1. The monoisotopic (exact) mass is 410 g/mol. The van der Waals surface area contributed by atoms with E-state index >= 15 is 0 Å². The third-order valence-corrected chi connectivity index (χ3v) is 6.99. The second-order valence-corrected chi connectivity index (χ2v) is 9.35. The average Bonchev–Trinajstić information content (AvgIpc) is 3.43. The summed E-state index contributed by atoms with van der Waals surface area (Å²) in [4.78, 5) is 17.8. The molecule has 2 aliphatic heterocycles. The van der Waals surface area contributed by atoms with Gasteiger partial charge in [0.05, 0.1) is 17.7 Å². The summed E-state index contributed by atoms with van der Waals surface area (Å²) < 4.78 is 8.81. The molecule has 1 saturated heterocycles. The minimum Gasteiger partial charge on any atom is -0.370 e. The van der Waals surface area contributed by atoms with Crippen molar-refractivity contribution < 1.29 is 4.74 Å². The van der Waals surface area contributed by atoms with Crippen molar-refractivity contribution in [2.45, 2.75) is 45.3 Å². The highest BCUT2D eigenvalue weighted by atomic mass is 32.1. The van der Waals surface area contributed by atoms with Gasteiger partial charge in [0, 0.05) is 30.5 Å². The van der Waals surface area contributed by atoms with Crippen molar-refractivity contribution in [3.63, 3.8) is 0 Å². The lowest BCUT2D eigenvalue weighted by Crippen LogP contribution is -2.33. The molecule has 150 valence electrons. The molecule has 4 aromatic heterocycles. The third-order valence-electron chi connectivity index (χ3n) is 5.92. The van der Waals surface area contributed by atoms with E-state index in [4.69, 9.17) is 20.5 Å². The van der Waals surface area contributed by atoms with Gasteiger partial charge in [-0.15, -0.1) is 11.3 Å². The molecule has 10 heteroatoms. The first-order valence-electron chi connectivity index (χ1n) is 9.89. The molecular weight excluding hydrogens is 388 g/mol. The smallest absolute Gasteiger partial charge is 0.241 e. The van der Waals surface area contributed by atoms with Gasteiger partial charge in [-0.25, -0.2) is 20.8 Å². The Morgan fingerprint density at radius 3 is 2.83 bits per heavy atom. The van der Waals surface area contributed by atoms with Gasteiger partial charge in [-0.05, 0) is 32.3 Å². The van der Waals surface area contributed by atoms with Crippen LogP contribution in [0.5, 0.6) is 0 Å². The Labute approximate surface area is 170 Å².